The van der Waals surface area contributed by atoms with Crippen LogP contribution in [0.25, 0.3) is 5.57 Å². The van der Waals surface area contributed by atoms with Crippen molar-refractivity contribution in [2.75, 3.05) is 0 Å². The van der Waals surface area contributed by atoms with Crippen molar-refractivity contribution in [3.63, 3.8) is 0 Å². The molecule has 0 aromatic heterocycles. The van der Waals surface area contributed by atoms with Gasteiger partial charge >= 0.3 is 0 Å². The van der Waals surface area contributed by atoms with Gasteiger partial charge in [-0.1, -0.05) is 49.4 Å². The molecule has 0 heteroatoms. The third-order valence-electron chi connectivity index (χ3n) is 2.96. The van der Waals surface area contributed by atoms with Gasteiger partial charge in [0.25, 0.3) is 0 Å². The molecule has 2 rings (SSSR count). The Morgan fingerprint density at radius 2 is 2.19 bits per heavy atom. The van der Waals surface area contributed by atoms with Gasteiger partial charge in [0.1, 0.15) is 0 Å². The van der Waals surface area contributed by atoms with E-state index in [1.54, 1.807) is 6.08 Å². The monoisotopic (exact) mass is 208 g/mol. The molecule has 1 aromatic carbocycles. The Morgan fingerprint density at radius 3 is 2.94 bits per heavy atom. The third-order valence-corrected chi connectivity index (χ3v) is 2.96. The van der Waals surface area contributed by atoms with E-state index in [0.29, 0.717) is 0 Å². The average Bonchev–Trinajstić information content (AvgIpc) is 2.68. The van der Waals surface area contributed by atoms with E-state index in [1.165, 1.54) is 22.3 Å². The van der Waals surface area contributed by atoms with Crippen molar-refractivity contribution < 1.29 is 0 Å². The Labute approximate surface area is 97.3 Å². The van der Waals surface area contributed by atoms with Crippen LogP contribution in [0.5, 0.6) is 0 Å². The summed E-state index contributed by atoms with van der Waals surface area (Å²) in [5, 5.41) is 0. The highest BCUT2D eigenvalue weighted by molar-refractivity contribution is 5.82. The van der Waals surface area contributed by atoms with E-state index in [-0.39, 0.29) is 0 Å². The van der Waals surface area contributed by atoms with Gasteiger partial charge in [-0.15, -0.1) is 5.73 Å². The van der Waals surface area contributed by atoms with E-state index in [9.17, 15) is 0 Å². The van der Waals surface area contributed by atoms with Crippen LogP contribution in [-0.2, 0) is 6.42 Å². The predicted molar refractivity (Wildman–Crippen MR) is 70.2 cm³/mol. The SMILES string of the molecule is C=CC=C=CC1=C(CC)Cc2ccccc21. The summed E-state index contributed by atoms with van der Waals surface area (Å²) in [5.74, 6) is 0. The van der Waals surface area contributed by atoms with Crippen molar-refractivity contribution in [1.29, 1.82) is 0 Å². The molecule has 0 N–H and O–H groups in total. The van der Waals surface area contributed by atoms with Crippen molar-refractivity contribution in [3.05, 3.63) is 71.5 Å². The summed E-state index contributed by atoms with van der Waals surface area (Å²) in [4.78, 5) is 0. The second-order valence-electron chi connectivity index (χ2n) is 3.92. The minimum Gasteiger partial charge on any atom is -0.120 e. The Hall–Kier alpha value is -1.78. The second kappa shape index (κ2) is 4.83. The maximum Gasteiger partial charge on any atom is -0.00516 e. The van der Waals surface area contributed by atoms with Gasteiger partial charge in [-0.25, -0.2) is 0 Å². The van der Waals surface area contributed by atoms with Crippen LogP contribution < -0.4 is 0 Å². The molecule has 0 amide bonds. The minimum absolute atomic E-state index is 1.09. The van der Waals surface area contributed by atoms with Gasteiger partial charge in [-0.2, -0.15) is 0 Å². The Balaban J connectivity index is 2.46. The molecule has 0 bridgehead atoms. The van der Waals surface area contributed by atoms with Crippen LogP contribution in [0.2, 0.25) is 0 Å². The Kier molecular flexibility index (Phi) is 3.24. The first-order valence-electron chi connectivity index (χ1n) is 5.70. The van der Waals surface area contributed by atoms with Gasteiger partial charge in [0.2, 0.25) is 0 Å². The first-order chi connectivity index (χ1) is 7.86. The standard InChI is InChI=1S/C16H16/c1-3-5-6-10-15-13(4-2)12-14-9-7-8-11-16(14)15/h3,5,7-11H,1,4,12H2,2H3. The molecule has 0 radical (unpaired) electrons. The minimum atomic E-state index is 1.09. The number of fused-ring (bicyclic) bond motifs is 1. The molecule has 0 unspecified atom stereocenters. The van der Waals surface area contributed by atoms with E-state index in [1.807, 2.05) is 6.08 Å². The molecule has 1 aromatic rings. The van der Waals surface area contributed by atoms with Gasteiger partial charge < -0.3 is 0 Å². The highest BCUT2D eigenvalue weighted by Gasteiger charge is 2.17. The number of rotatable bonds is 3. The van der Waals surface area contributed by atoms with Gasteiger partial charge in [-0.3, -0.25) is 0 Å². The number of hydrogen-bond acceptors (Lipinski definition) is 0. The fourth-order valence-corrected chi connectivity index (χ4v) is 2.15. The van der Waals surface area contributed by atoms with Gasteiger partial charge in [0, 0.05) is 0 Å². The number of allylic oxidation sites excluding steroid dienone is 4. The van der Waals surface area contributed by atoms with Crippen molar-refractivity contribution in [2.24, 2.45) is 0 Å². The van der Waals surface area contributed by atoms with Crippen molar-refractivity contribution in [2.45, 2.75) is 19.8 Å². The lowest BCUT2D eigenvalue weighted by atomic mass is 10.0. The van der Waals surface area contributed by atoms with E-state index < -0.39 is 0 Å². The zero-order valence-corrected chi connectivity index (χ0v) is 9.66. The van der Waals surface area contributed by atoms with E-state index in [4.69, 9.17) is 0 Å². The highest BCUT2D eigenvalue weighted by atomic mass is 14.2. The summed E-state index contributed by atoms with van der Waals surface area (Å²) in [6.45, 7) is 5.87. The smallest absolute Gasteiger partial charge is 0.00516 e. The molecular weight excluding hydrogens is 192 g/mol. The topological polar surface area (TPSA) is 0 Å². The van der Waals surface area contributed by atoms with Crippen LogP contribution in [0.3, 0.4) is 0 Å². The fourth-order valence-electron chi connectivity index (χ4n) is 2.15. The first-order valence-corrected chi connectivity index (χ1v) is 5.70. The molecular formula is C16H16. The Bertz CT molecular complexity index is 495. The lowest BCUT2D eigenvalue weighted by Gasteiger charge is -1.99. The van der Waals surface area contributed by atoms with Crippen LogP contribution in [0.4, 0.5) is 0 Å². The summed E-state index contributed by atoms with van der Waals surface area (Å²) < 4.78 is 0. The number of hydrogen-bond donors (Lipinski definition) is 0. The highest BCUT2D eigenvalue weighted by Crippen LogP contribution is 2.34. The van der Waals surface area contributed by atoms with E-state index in [2.05, 4.69) is 49.6 Å². The lowest BCUT2D eigenvalue weighted by molar-refractivity contribution is 1.04. The van der Waals surface area contributed by atoms with Crippen LogP contribution in [0.15, 0.2) is 60.4 Å². The molecule has 0 nitrogen and oxygen atoms in total. The molecule has 0 spiro atoms. The fraction of sp³-hybridized carbons (Fsp3) is 0.188. The number of benzene rings is 1. The summed E-state index contributed by atoms with van der Waals surface area (Å²) in [6, 6.07) is 8.61. The van der Waals surface area contributed by atoms with Crippen LogP contribution in [0.1, 0.15) is 24.5 Å². The second-order valence-corrected chi connectivity index (χ2v) is 3.92. The summed E-state index contributed by atoms with van der Waals surface area (Å²) >= 11 is 0. The molecule has 0 fully saturated rings. The molecule has 0 atom stereocenters. The van der Waals surface area contributed by atoms with Gasteiger partial charge in [0.15, 0.2) is 0 Å². The molecule has 1 aliphatic carbocycles. The zero-order chi connectivity index (χ0) is 11.4. The van der Waals surface area contributed by atoms with E-state index in [0.717, 1.165) is 12.8 Å². The Morgan fingerprint density at radius 1 is 1.38 bits per heavy atom. The van der Waals surface area contributed by atoms with Crippen LogP contribution in [0, 0.1) is 0 Å². The summed E-state index contributed by atoms with van der Waals surface area (Å²) in [6.07, 6.45) is 7.88. The largest absolute Gasteiger partial charge is 0.120 e. The maximum atomic E-state index is 3.65. The van der Waals surface area contributed by atoms with Crippen molar-refractivity contribution >= 4 is 5.57 Å². The summed E-state index contributed by atoms with van der Waals surface area (Å²) in [5.41, 5.74) is 8.81. The molecule has 0 heterocycles. The summed E-state index contributed by atoms with van der Waals surface area (Å²) in [7, 11) is 0. The predicted octanol–water partition coefficient (Wildman–Crippen LogP) is 4.30. The molecule has 0 saturated heterocycles. The molecule has 16 heavy (non-hydrogen) atoms. The quantitative estimate of drug-likeness (QED) is 0.513. The van der Waals surface area contributed by atoms with Gasteiger partial charge in [-0.05, 0) is 41.7 Å². The van der Waals surface area contributed by atoms with Gasteiger partial charge in [0.05, 0.1) is 0 Å². The van der Waals surface area contributed by atoms with Crippen LogP contribution in [-0.4, -0.2) is 0 Å². The molecule has 80 valence electrons. The average molecular weight is 208 g/mol. The van der Waals surface area contributed by atoms with Crippen LogP contribution >= 0.6 is 0 Å². The molecule has 0 aliphatic heterocycles. The maximum absolute atomic E-state index is 3.65. The van der Waals surface area contributed by atoms with Crippen molar-refractivity contribution in [1.82, 2.24) is 0 Å². The molecule has 1 aliphatic rings. The van der Waals surface area contributed by atoms with E-state index >= 15 is 0 Å². The normalized spacial score (nSPS) is 13.1. The first kappa shape index (κ1) is 10.7. The molecule has 0 saturated carbocycles. The lowest BCUT2D eigenvalue weighted by Crippen LogP contribution is -1.81. The zero-order valence-electron chi connectivity index (χ0n) is 9.66. The van der Waals surface area contributed by atoms with Crippen molar-refractivity contribution in [3.8, 4) is 0 Å². The third kappa shape index (κ3) is 1.93.